The van der Waals surface area contributed by atoms with Crippen LogP contribution < -0.4 is 0 Å². The first-order valence-electron chi connectivity index (χ1n) is 6.47. The fraction of sp³-hybridized carbons (Fsp3) is 0.0588. The summed E-state index contributed by atoms with van der Waals surface area (Å²) in [5.41, 5.74) is 2.90. The topological polar surface area (TPSA) is 34.9 Å². The summed E-state index contributed by atoms with van der Waals surface area (Å²) >= 11 is 0. The Morgan fingerprint density at radius 2 is 1.80 bits per heavy atom. The Morgan fingerprint density at radius 3 is 2.55 bits per heavy atom. The van der Waals surface area contributed by atoms with Gasteiger partial charge in [-0.2, -0.15) is 0 Å². The molecule has 0 bridgehead atoms. The molecule has 0 atom stereocenters. The maximum atomic E-state index is 12.2. The predicted molar refractivity (Wildman–Crippen MR) is 78.4 cm³/mol. The average Bonchev–Trinajstić information content (AvgIpc) is 3.01. The number of hydrogen-bond acceptors (Lipinski definition) is 2. The highest BCUT2D eigenvalue weighted by atomic mass is 16.1. The molecule has 0 spiro atoms. The van der Waals surface area contributed by atoms with Gasteiger partial charge in [0.25, 0.3) is 0 Å². The molecular formula is C17H14N2O. The standard InChI is InChI=1S/C17H14N2O/c20-17(12-19-10-9-18-13-19)16-8-4-7-15(11-16)14-5-2-1-3-6-14/h1-11,13H,12H2. The first-order valence-corrected chi connectivity index (χ1v) is 6.47. The lowest BCUT2D eigenvalue weighted by atomic mass is 10.0. The van der Waals surface area contributed by atoms with Gasteiger partial charge < -0.3 is 4.57 Å². The Morgan fingerprint density at radius 1 is 1.00 bits per heavy atom. The quantitative estimate of drug-likeness (QED) is 0.675. The molecule has 1 heterocycles. The van der Waals surface area contributed by atoms with E-state index >= 15 is 0 Å². The van der Waals surface area contributed by atoms with Gasteiger partial charge in [0.05, 0.1) is 12.9 Å². The van der Waals surface area contributed by atoms with E-state index in [0.717, 1.165) is 16.7 Å². The van der Waals surface area contributed by atoms with Gasteiger partial charge in [0, 0.05) is 18.0 Å². The summed E-state index contributed by atoms with van der Waals surface area (Å²) in [6.07, 6.45) is 5.12. The largest absolute Gasteiger partial charge is 0.330 e. The molecule has 98 valence electrons. The molecule has 0 amide bonds. The molecule has 0 aliphatic heterocycles. The fourth-order valence-electron chi connectivity index (χ4n) is 2.14. The van der Waals surface area contributed by atoms with Crippen molar-refractivity contribution in [1.82, 2.24) is 9.55 Å². The third-order valence-corrected chi connectivity index (χ3v) is 3.18. The van der Waals surface area contributed by atoms with Crippen molar-refractivity contribution in [2.75, 3.05) is 0 Å². The third-order valence-electron chi connectivity index (χ3n) is 3.18. The molecule has 0 radical (unpaired) electrons. The zero-order chi connectivity index (χ0) is 13.8. The van der Waals surface area contributed by atoms with Gasteiger partial charge in [-0.05, 0) is 17.2 Å². The smallest absolute Gasteiger partial charge is 0.182 e. The second-order valence-electron chi connectivity index (χ2n) is 4.61. The highest BCUT2D eigenvalue weighted by Crippen LogP contribution is 2.20. The summed E-state index contributed by atoms with van der Waals surface area (Å²) in [5.74, 6) is 0.0841. The van der Waals surface area contributed by atoms with Gasteiger partial charge in [-0.25, -0.2) is 4.98 Å². The Bertz CT molecular complexity index is 703. The predicted octanol–water partition coefficient (Wildman–Crippen LogP) is 3.43. The molecule has 0 saturated heterocycles. The molecule has 3 aromatic rings. The number of carbonyl (C=O) groups excluding carboxylic acids is 1. The van der Waals surface area contributed by atoms with E-state index in [1.807, 2.05) is 54.6 Å². The van der Waals surface area contributed by atoms with E-state index in [4.69, 9.17) is 0 Å². The van der Waals surface area contributed by atoms with E-state index in [0.29, 0.717) is 6.54 Å². The Hall–Kier alpha value is -2.68. The minimum atomic E-state index is 0.0841. The zero-order valence-corrected chi connectivity index (χ0v) is 10.9. The minimum absolute atomic E-state index is 0.0841. The van der Waals surface area contributed by atoms with Crippen LogP contribution in [0.2, 0.25) is 0 Å². The number of carbonyl (C=O) groups is 1. The Kier molecular flexibility index (Phi) is 3.42. The zero-order valence-electron chi connectivity index (χ0n) is 10.9. The van der Waals surface area contributed by atoms with Crippen LogP contribution in [0.5, 0.6) is 0 Å². The summed E-state index contributed by atoms with van der Waals surface area (Å²) in [6, 6.07) is 17.8. The normalized spacial score (nSPS) is 10.4. The van der Waals surface area contributed by atoms with E-state index in [1.54, 1.807) is 23.3 Å². The Balaban J connectivity index is 1.86. The molecule has 20 heavy (non-hydrogen) atoms. The molecule has 0 N–H and O–H groups in total. The van der Waals surface area contributed by atoms with Crippen LogP contribution >= 0.6 is 0 Å². The molecule has 1 aromatic heterocycles. The van der Waals surface area contributed by atoms with Gasteiger partial charge >= 0.3 is 0 Å². The second kappa shape index (κ2) is 5.53. The molecule has 3 heteroatoms. The summed E-state index contributed by atoms with van der Waals surface area (Å²) in [5, 5.41) is 0. The number of benzene rings is 2. The lowest BCUT2D eigenvalue weighted by Gasteiger charge is -2.05. The van der Waals surface area contributed by atoms with Crippen molar-refractivity contribution in [1.29, 1.82) is 0 Å². The van der Waals surface area contributed by atoms with Gasteiger partial charge in [-0.1, -0.05) is 48.5 Å². The first kappa shape index (κ1) is 12.4. The van der Waals surface area contributed by atoms with Crippen molar-refractivity contribution in [2.24, 2.45) is 0 Å². The van der Waals surface area contributed by atoms with Crippen molar-refractivity contribution < 1.29 is 4.79 Å². The summed E-state index contributed by atoms with van der Waals surface area (Å²) < 4.78 is 1.78. The number of ketones is 1. The van der Waals surface area contributed by atoms with E-state index < -0.39 is 0 Å². The van der Waals surface area contributed by atoms with Gasteiger partial charge in [-0.3, -0.25) is 4.79 Å². The highest BCUT2D eigenvalue weighted by Gasteiger charge is 2.07. The van der Waals surface area contributed by atoms with Crippen LogP contribution in [0.15, 0.2) is 73.3 Å². The van der Waals surface area contributed by atoms with Gasteiger partial charge in [0.2, 0.25) is 0 Å². The molecule has 0 unspecified atom stereocenters. The Labute approximate surface area is 117 Å². The summed E-state index contributed by atoms with van der Waals surface area (Å²) in [7, 11) is 0. The summed E-state index contributed by atoms with van der Waals surface area (Å²) in [4.78, 5) is 16.2. The van der Waals surface area contributed by atoms with Gasteiger partial charge in [0.15, 0.2) is 5.78 Å². The highest BCUT2D eigenvalue weighted by molar-refractivity contribution is 5.97. The maximum absolute atomic E-state index is 12.2. The second-order valence-corrected chi connectivity index (χ2v) is 4.61. The third kappa shape index (κ3) is 2.67. The number of rotatable bonds is 4. The van der Waals surface area contributed by atoms with E-state index in [1.165, 1.54) is 0 Å². The lowest BCUT2D eigenvalue weighted by Crippen LogP contribution is -2.08. The molecular weight excluding hydrogens is 248 g/mol. The fourth-order valence-corrected chi connectivity index (χ4v) is 2.14. The number of hydrogen-bond donors (Lipinski definition) is 0. The molecule has 0 fully saturated rings. The van der Waals surface area contributed by atoms with Crippen LogP contribution in [0.4, 0.5) is 0 Å². The van der Waals surface area contributed by atoms with Gasteiger partial charge in [-0.15, -0.1) is 0 Å². The minimum Gasteiger partial charge on any atom is -0.330 e. The first-order chi connectivity index (χ1) is 9.83. The van der Waals surface area contributed by atoms with Crippen molar-refractivity contribution in [3.05, 3.63) is 78.9 Å². The van der Waals surface area contributed by atoms with Crippen molar-refractivity contribution in [3.63, 3.8) is 0 Å². The van der Waals surface area contributed by atoms with Crippen molar-refractivity contribution >= 4 is 5.78 Å². The molecule has 2 aromatic carbocycles. The van der Waals surface area contributed by atoms with Crippen LogP contribution in [0, 0.1) is 0 Å². The van der Waals surface area contributed by atoms with E-state index in [9.17, 15) is 4.79 Å². The molecule has 0 saturated carbocycles. The van der Waals surface area contributed by atoms with Crippen molar-refractivity contribution in [2.45, 2.75) is 6.54 Å². The van der Waals surface area contributed by atoms with E-state index in [-0.39, 0.29) is 5.78 Å². The number of imidazole rings is 1. The molecule has 0 aliphatic rings. The number of nitrogens with zero attached hydrogens (tertiary/aromatic N) is 2. The van der Waals surface area contributed by atoms with Crippen LogP contribution in [-0.2, 0) is 6.54 Å². The van der Waals surface area contributed by atoms with Gasteiger partial charge in [0.1, 0.15) is 0 Å². The molecule has 3 nitrogen and oxygen atoms in total. The number of Topliss-reactive ketones (excluding diaryl/α,β-unsaturated/α-hetero) is 1. The monoisotopic (exact) mass is 262 g/mol. The van der Waals surface area contributed by atoms with Crippen LogP contribution in [-0.4, -0.2) is 15.3 Å². The van der Waals surface area contributed by atoms with Crippen LogP contribution in [0.3, 0.4) is 0 Å². The summed E-state index contributed by atoms with van der Waals surface area (Å²) in [6.45, 7) is 0.318. The average molecular weight is 262 g/mol. The van der Waals surface area contributed by atoms with Crippen LogP contribution in [0.1, 0.15) is 10.4 Å². The van der Waals surface area contributed by atoms with Crippen LogP contribution in [0.25, 0.3) is 11.1 Å². The maximum Gasteiger partial charge on any atom is 0.182 e. The molecule has 0 aliphatic carbocycles. The molecule has 3 rings (SSSR count). The SMILES string of the molecule is O=C(Cn1ccnc1)c1cccc(-c2ccccc2)c1. The van der Waals surface area contributed by atoms with E-state index in [2.05, 4.69) is 4.98 Å². The lowest BCUT2D eigenvalue weighted by molar-refractivity contribution is 0.0972. The van der Waals surface area contributed by atoms with Crippen molar-refractivity contribution in [3.8, 4) is 11.1 Å². The number of aromatic nitrogens is 2.